The molecule has 1 fully saturated rings. The fraction of sp³-hybridized carbons (Fsp3) is 0.469. The molecule has 1 saturated heterocycles. The molecule has 1 atom stereocenters. The molecule has 0 saturated carbocycles. The molecule has 2 aliphatic heterocycles. The summed E-state index contributed by atoms with van der Waals surface area (Å²) in [7, 11) is -2.94. The highest BCUT2D eigenvalue weighted by atomic mass is 32.2. The number of nitrogens with zero attached hydrogens (tertiary/aromatic N) is 7. The molecule has 0 unspecified atom stereocenters. The number of nitro groups is 1. The molecule has 3 aromatic rings. The van der Waals surface area contributed by atoms with Crippen LogP contribution in [0.25, 0.3) is 17.0 Å². The standard InChI is InChI=1S/C32H39N7O4S/c1-23-5-7-24(8-6-23)28-9-11-32(4)22-37(12-10-29(32)31(28,2)3)26-19-25(20-27(21-26)39(40)41)30-33-35-38(34-30)14-13-36-15-17-44(42,43)18-16-36/h5-10,19-21H,11-18,22H2,1-4H3/t32-/m1/s1. The van der Waals surface area contributed by atoms with E-state index in [4.69, 9.17) is 0 Å². The first kappa shape index (κ1) is 30.1. The molecule has 44 heavy (non-hydrogen) atoms. The normalized spacial score (nSPS) is 23.0. The number of fused-ring (bicyclic) bond motifs is 1. The van der Waals surface area contributed by atoms with Gasteiger partial charge in [0.15, 0.2) is 9.84 Å². The lowest BCUT2D eigenvalue weighted by molar-refractivity contribution is -0.384. The van der Waals surface area contributed by atoms with Crippen LogP contribution >= 0.6 is 0 Å². The minimum atomic E-state index is -2.94. The van der Waals surface area contributed by atoms with Crippen LogP contribution in [-0.2, 0) is 16.4 Å². The minimum Gasteiger partial charge on any atom is -0.367 e. The Morgan fingerprint density at radius 1 is 0.977 bits per heavy atom. The number of allylic oxidation sites excluding steroid dienone is 2. The molecule has 1 aliphatic carbocycles. The molecule has 0 N–H and O–H groups in total. The number of rotatable bonds is 7. The summed E-state index contributed by atoms with van der Waals surface area (Å²) in [4.78, 5) is 17.3. The monoisotopic (exact) mass is 617 g/mol. The summed E-state index contributed by atoms with van der Waals surface area (Å²) >= 11 is 0. The lowest BCUT2D eigenvalue weighted by Crippen LogP contribution is -2.47. The summed E-state index contributed by atoms with van der Waals surface area (Å²) in [5.41, 5.74) is 6.23. The van der Waals surface area contributed by atoms with E-state index in [0.717, 1.165) is 18.7 Å². The van der Waals surface area contributed by atoms with Crippen molar-refractivity contribution in [3.63, 3.8) is 0 Å². The molecule has 0 spiro atoms. The molecular weight excluding hydrogens is 578 g/mol. The Morgan fingerprint density at radius 2 is 1.70 bits per heavy atom. The maximum Gasteiger partial charge on any atom is 0.272 e. The number of anilines is 1. The number of aryl methyl sites for hydroxylation is 1. The smallest absolute Gasteiger partial charge is 0.272 e. The van der Waals surface area contributed by atoms with E-state index in [1.807, 2.05) is 6.07 Å². The number of hydrogen-bond donors (Lipinski definition) is 0. The van der Waals surface area contributed by atoms with Gasteiger partial charge in [-0.1, -0.05) is 68.3 Å². The van der Waals surface area contributed by atoms with Gasteiger partial charge in [-0.2, -0.15) is 4.80 Å². The first-order valence-corrected chi connectivity index (χ1v) is 16.9. The first-order valence-electron chi connectivity index (χ1n) is 15.1. The van der Waals surface area contributed by atoms with Gasteiger partial charge in [-0.25, -0.2) is 8.42 Å². The predicted molar refractivity (Wildman–Crippen MR) is 171 cm³/mol. The Bertz CT molecular complexity index is 1750. The quantitative estimate of drug-likeness (QED) is 0.213. The van der Waals surface area contributed by atoms with Crippen LogP contribution in [0.3, 0.4) is 0 Å². The number of tetrazole rings is 1. The van der Waals surface area contributed by atoms with Gasteiger partial charge in [0, 0.05) is 66.9 Å². The van der Waals surface area contributed by atoms with Crippen molar-refractivity contribution in [3.05, 3.63) is 81.4 Å². The molecule has 12 heteroatoms. The van der Waals surface area contributed by atoms with Crippen molar-refractivity contribution in [1.82, 2.24) is 25.1 Å². The average molecular weight is 618 g/mol. The largest absolute Gasteiger partial charge is 0.367 e. The van der Waals surface area contributed by atoms with Crippen LogP contribution in [0.2, 0.25) is 0 Å². The fourth-order valence-electron chi connectivity index (χ4n) is 7.01. The van der Waals surface area contributed by atoms with Crippen LogP contribution in [-0.4, -0.2) is 82.7 Å². The van der Waals surface area contributed by atoms with E-state index in [0.29, 0.717) is 44.1 Å². The maximum atomic E-state index is 12.0. The van der Waals surface area contributed by atoms with Crippen molar-refractivity contribution >= 4 is 26.8 Å². The lowest BCUT2D eigenvalue weighted by Gasteiger charge is -2.51. The number of sulfone groups is 1. The summed E-state index contributed by atoms with van der Waals surface area (Å²) < 4.78 is 23.4. The zero-order valence-electron chi connectivity index (χ0n) is 25.7. The zero-order valence-corrected chi connectivity index (χ0v) is 26.5. The van der Waals surface area contributed by atoms with Gasteiger partial charge in [0.25, 0.3) is 5.69 Å². The molecule has 1 aromatic heterocycles. The minimum absolute atomic E-state index is 0.0196. The highest BCUT2D eigenvalue weighted by Crippen LogP contribution is 2.55. The number of hydrogen-bond acceptors (Lipinski definition) is 9. The van der Waals surface area contributed by atoms with Gasteiger partial charge in [-0.15, -0.1) is 10.2 Å². The van der Waals surface area contributed by atoms with Gasteiger partial charge in [-0.05, 0) is 35.8 Å². The van der Waals surface area contributed by atoms with E-state index in [2.05, 4.69) is 89.3 Å². The van der Waals surface area contributed by atoms with Gasteiger partial charge in [0.2, 0.25) is 5.82 Å². The van der Waals surface area contributed by atoms with E-state index in [9.17, 15) is 18.5 Å². The van der Waals surface area contributed by atoms with Gasteiger partial charge in [-0.3, -0.25) is 15.0 Å². The zero-order chi connectivity index (χ0) is 31.3. The SMILES string of the molecule is Cc1ccc(C2=CC[C@]3(C)CN(c4cc(-c5nnn(CCN6CCS(=O)(=O)CC6)n5)cc([N+](=O)[O-])c4)CC=C3C2(C)C)cc1. The summed E-state index contributed by atoms with van der Waals surface area (Å²) in [6, 6.07) is 13.8. The number of nitro benzene ring substituents is 1. The van der Waals surface area contributed by atoms with E-state index in [1.165, 1.54) is 33.1 Å². The van der Waals surface area contributed by atoms with E-state index >= 15 is 0 Å². The second kappa shape index (κ2) is 11.2. The third kappa shape index (κ3) is 5.92. The molecule has 0 bridgehead atoms. The van der Waals surface area contributed by atoms with Gasteiger partial charge in [0.1, 0.15) is 0 Å². The Kier molecular flexibility index (Phi) is 7.69. The Morgan fingerprint density at radius 3 is 2.41 bits per heavy atom. The molecular formula is C32H39N7O4S. The van der Waals surface area contributed by atoms with Crippen molar-refractivity contribution in [1.29, 1.82) is 0 Å². The van der Waals surface area contributed by atoms with Crippen LogP contribution in [0.1, 0.15) is 38.3 Å². The molecule has 2 aromatic carbocycles. The molecule has 3 aliphatic rings. The lowest BCUT2D eigenvalue weighted by atomic mass is 9.58. The van der Waals surface area contributed by atoms with Crippen molar-refractivity contribution in [3.8, 4) is 11.4 Å². The highest BCUT2D eigenvalue weighted by Gasteiger charge is 2.46. The third-order valence-electron chi connectivity index (χ3n) is 9.41. The van der Waals surface area contributed by atoms with Gasteiger partial charge in [0.05, 0.1) is 23.0 Å². The molecule has 0 amide bonds. The summed E-state index contributed by atoms with van der Waals surface area (Å²) in [5.74, 6) is 0.640. The van der Waals surface area contributed by atoms with Crippen LogP contribution in [0.4, 0.5) is 11.4 Å². The first-order chi connectivity index (χ1) is 20.8. The van der Waals surface area contributed by atoms with Gasteiger partial charge >= 0.3 is 0 Å². The van der Waals surface area contributed by atoms with Crippen LogP contribution in [0.5, 0.6) is 0 Å². The van der Waals surface area contributed by atoms with E-state index in [-0.39, 0.29) is 32.9 Å². The third-order valence-corrected chi connectivity index (χ3v) is 11.0. The second-order valence-corrected chi connectivity index (χ2v) is 15.4. The van der Waals surface area contributed by atoms with Gasteiger partial charge < -0.3 is 4.90 Å². The van der Waals surface area contributed by atoms with Crippen molar-refractivity contribution in [2.24, 2.45) is 10.8 Å². The predicted octanol–water partition coefficient (Wildman–Crippen LogP) is 4.55. The number of aromatic nitrogens is 4. The molecule has 0 radical (unpaired) electrons. The Balaban J connectivity index is 1.22. The Hall–Kier alpha value is -3.90. The second-order valence-electron chi connectivity index (χ2n) is 13.1. The summed E-state index contributed by atoms with van der Waals surface area (Å²) in [6.07, 6.45) is 5.56. The number of benzene rings is 2. The molecule has 11 nitrogen and oxygen atoms in total. The Labute approximate surface area is 258 Å². The molecule has 3 heterocycles. The molecule has 6 rings (SSSR count). The summed E-state index contributed by atoms with van der Waals surface area (Å²) in [5, 5.41) is 24.9. The fourth-order valence-corrected chi connectivity index (χ4v) is 8.29. The van der Waals surface area contributed by atoms with Crippen LogP contribution in [0.15, 0.2) is 60.2 Å². The van der Waals surface area contributed by atoms with Crippen LogP contribution < -0.4 is 4.90 Å². The van der Waals surface area contributed by atoms with E-state index < -0.39 is 9.84 Å². The van der Waals surface area contributed by atoms with Crippen LogP contribution in [0, 0.1) is 27.9 Å². The molecule has 232 valence electrons. The summed E-state index contributed by atoms with van der Waals surface area (Å²) in [6.45, 7) is 12.4. The number of non-ortho nitro benzene ring substituents is 1. The maximum absolute atomic E-state index is 12.0. The van der Waals surface area contributed by atoms with E-state index in [1.54, 1.807) is 6.07 Å². The topological polar surface area (TPSA) is 127 Å². The van der Waals surface area contributed by atoms with Crippen molar-refractivity contribution in [2.75, 3.05) is 49.1 Å². The van der Waals surface area contributed by atoms with Crippen molar-refractivity contribution in [2.45, 2.75) is 40.7 Å². The average Bonchev–Trinajstić information content (AvgIpc) is 3.46. The highest BCUT2D eigenvalue weighted by molar-refractivity contribution is 7.91. The van der Waals surface area contributed by atoms with Crippen molar-refractivity contribution < 1.29 is 13.3 Å².